The molecule has 0 saturated carbocycles. The van der Waals surface area contributed by atoms with Gasteiger partial charge in [-0.2, -0.15) is 0 Å². The number of hydrogen-bond donors (Lipinski definition) is 2. The molecule has 10 heteroatoms. The Balaban J connectivity index is 3.96. The Kier molecular flexibility index (Phi) is 52.7. The normalized spacial score (nSPS) is 13.4. The summed E-state index contributed by atoms with van der Waals surface area (Å²) in [6.07, 6.45) is 65.9. The first-order valence-electron chi connectivity index (χ1n) is 28.6. The van der Waals surface area contributed by atoms with Gasteiger partial charge in [0.2, 0.25) is 0 Å². The maximum atomic E-state index is 12.7. The zero-order chi connectivity index (χ0) is 49.5. The van der Waals surface area contributed by atoms with Crippen LogP contribution in [0, 0.1) is 0 Å². The van der Waals surface area contributed by atoms with Gasteiger partial charge in [0, 0.05) is 19.4 Å². The Morgan fingerprint density at radius 2 is 0.809 bits per heavy atom. The lowest BCUT2D eigenvalue weighted by Gasteiger charge is -2.19. The number of unbranched alkanes of at least 4 members (excludes halogenated alkanes) is 33. The molecule has 0 aliphatic rings. The van der Waals surface area contributed by atoms with E-state index in [9.17, 15) is 19.0 Å². The van der Waals surface area contributed by atoms with Crippen LogP contribution in [0.25, 0.3) is 0 Å². The van der Waals surface area contributed by atoms with Gasteiger partial charge < -0.3 is 20.1 Å². The van der Waals surface area contributed by atoms with E-state index >= 15 is 0 Å². The van der Waals surface area contributed by atoms with Crippen LogP contribution in [-0.2, 0) is 32.7 Å². The van der Waals surface area contributed by atoms with Crippen LogP contribution < -0.4 is 5.73 Å². The standard InChI is InChI=1S/C58H108NO8P/c1-3-5-7-9-11-13-15-17-19-21-23-25-27-29-30-32-34-36-38-40-42-44-46-48-50-57(60)64-54-56(55-66-68(62,63)65-53-52-59)67-58(61)51-49-47-45-43-41-39-37-35-33-31-28-26-24-22-20-18-16-14-12-10-8-6-4-2/h6,8,12,14,18,20,24,26,56H,3-5,7,9-11,13,15-17,19,21-23,25,27-55,59H2,1-2H3,(H,62,63)/b8-6-,14-12-,20-18-,26-24-. The Bertz CT molecular complexity index is 1250. The average molecular weight is 978 g/mol. The van der Waals surface area contributed by atoms with Crippen LogP contribution in [0.15, 0.2) is 48.6 Å². The van der Waals surface area contributed by atoms with E-state index in [0.717, 1.165) is 70.6 Å². The first kappa shape index (κ1) is 66.0. The third-order valence-electron chi connectivity index (χ3n) is 12.5. The maximum absolute atomic E-state index is 12.7. The second-order valence-electron chi connectivity index (χ2n) is 19.1. The van der Waals surface area contributed by atoms with E-state index < -0.39 is 26.5 Å². The Labute approximate surface area is 419 Å². The molecular formula is C58H108NO8P. The Morgan fingerprint density at radius 3 is 1.21 bits per heavy atom. The van der Waals surface area contributed by atoms with Crippen LogP contribution >= 0.6 is 7.82 Å². The van der Waals surface area contributed by atoms with Gasteiger partial charge in [0.25, 0.3) is 0 Å². The fourth-order valence-corrected chi connectivity index (χ4v) is 9.04. The molecule has 68 heavy (non-hydrogen) atoms. The first-order chi connectivity index (χ1) is 33.3. The van der Waals surface area contributed by atoms with Crippen LogP contribution in [0.1, 0.15) is 277 Å². The third-order valence-corrected chi connectivity index (χ3v) is 13.5. The zero-order valence-corrected chi connectivity index (χ0v) is 45.2. The van der Waals surface area contributed by atoms with Crippen LogP contribution in [0.4, 0.5) is 0 Å². The van der Waals surface area contributed by atoms with E-state index in [2.05, 4.69) is 62.5 Å². The predicted octanol–water partition coefficient (Wildman–Crippen LogP) is 17.8. The van der Waals surface area contributed by atoms with Crippen LogP contribution in [0.3, 0.4) is 0 Å². The molecule has 3 N–H and O–H groups in total. The molecule has 0 spiro atoms. The fraction of sp³-hybridized carbons (Fsp3) is 0.828. The third kappa shape index (κ3) is 53.3. The largest absolute Gasteiger partial charge is 0.472 e. The van der Waals surface area contributed by atoms with Gasteiger partial charge in [-0.25, -0.2) is 4.57 Å². The highest BCUT2D eigenvalue weighted by Crippen LogP contribution is 2.43. The van der Waals surface area contributed by atoms with Crippen molar-refractivity contribution in [1.82, 2.24) is 0 Å². The van der Waals surface area contributed by atoms with E-state index in [1.165, 1.54) is 173 Å². The highest BCUT2D eigenvalue weighted by Gasteiger charge is 2.26. The van der Waals surface area contributed by atoms with Crippen molar-refractivity contribution in [2.24, 2.45) is 5.73 Å². The van der Waals surface area contributed by atoms with E-state index in [4.69, 9.17) is 24.3 Å². The van der Waals surface area contributed by atoms with Crippen LogP contribution in [-0.4, -0.2) is 49.3 Å². The quantitative estimate of drug-likeness (QED) is 0.0264. The second-order valence-corrected chi connectivity index (χ2v) is 20.6. The van der Waals surface area contributed by atoms with Crippen molar-refractivity contribution in [3.05, 3.63) is 48.6 Å². The summed E-state index contributed by atoms with van der Waals surface area (Å²) in [5.41, 5.74) is 5.38. The summed E-state index contributed by atoms with van der Waals surface area (Å²) in [6, 6.07) is 0. The Hall–Kier alpha value is -2.03. The molecule has 0 saturated heterocycles. The van der Waals surface area contributed by atoms with Gasteiger partial charge in [-0.3, -0.25) is 18.6 Å². The number of esters is 2. The maximum Gasteiger partial charge on any atom is 0.472 e. The minimum atomic E-state index is -4.39. The second kappa shape index (κ2) is 54.3. The molecular weight excluding hydrogens is 870 g/mol. The molecule has 0 rings (SSSR count). The molecule has 0 aliphatic carbocycles. The van der Waals surface area contributed by atoms with Crippen molar-refractivity contribution >= 4 is 19.8 Å². The summed E-state index contributed by atoms with van der Waals surface area (Å²) in [4.78, 5) is 35.2. The van der Waals surface area contributed by atoms with Gasteiger partial charge in [0.15, 0.2) is 6.10 Å². The van der Waals surface area contributed by atoms with Crippen molar-refractivity contribution in [1.29, 1.82) is 0 Å². The minimum Gasteiger partial charge on any atom is -0.462 e. The summed E-state index contributed by atoms with van der Waals surface area (Å²) < 4.78 is 33.0. The summed E-state index contributed by atoms with van der Waals surface area (Å²) in [5, 5.41) is 0. The van der Waals surface area contributed by atoms with Gasteiger partial charge in [-0.15, -0.1) is 0 Å². The number of phosphoric acid groups is 1. The fourth-order valence-electron chi connectivity index (χ4n) is 8.28. The summed E-state index contributed by atoms with van der Waals surface area (Å²) in [7, 11) is -4.39. The molecule has 0 heterocycles. The van der Waals surface area contributed by atoms with E-state index in [1.54, 1.807) is 0 Å². The molecule has 0 bridgehead atoms. The lowest BCUT2D eigenvalue weighted by atomic mass is 10.0. The van der Waals surface area contributed by atoms with Gasteiger partial charge >= 0.3 is 19.8 Å². The number of rotatable bonds is 54. The van der Waals surface area contributed by atoms with Crippen molar-refractivity contribution in [2.45, 2.75) is 283 Å². The van der Waals surface area contributed by atoms with Crippen molar-refractivity contribution < 1.29 is 37.6 Å². The molecule has 0 amide bonds. The molecule has 0 aromatic rings. The first-order valence-corrected chi connectivity index (χ1v) is 30.1. The SMILES string of the molecule is CC/C=C\C/C=C\C/C=C\C/C=C\CCCCCCCCCCCCC(=O)OC(COC(=O)CCCCCCCCCCCCCCCCCCCCCCCCCC)COP(=O)(O)OCCN. The molecule has 2 unspecified atom stereocenters. The lowest BCUT2D eigenvalue weighted by Crippen LogP contribution is -2.29. The van der Waals surface area contributed by atoms with Crippen LogP contribution in [0.2, 0.25) is 0 Å². The average Bonchev–Trinajstić information content (AvgIpc) is 3.33. The van der Waals surface area contributed by atoms with E-state index in [0.29, 0.717) is 6.42 Å². The molecule has 0 aliphatic heterocycles. The molecule has 0 fully saturated rings. The number of phosphoric ester groups is 1. The number of allylic oxidation sites excluding steroid dienone is 8. The number of ether oxygens (including phenoxy) is 2. The molecule has 0 aromatic heterocycles. The van der Waals surface area contributed by atoms with E-state index in [-0.39, 0.29) is 38.6 Å². The van der Waals surface area contributed by atoms with E-state index in [1.807, 2.05) is 0 Å². The molecule has 2 atom stereocenters. The topological polar surface area (TPSA) is 134 Å². The molecule has 398 valence electrons. The zero-order valence-electron chi connectivity index (χ0n) is 44.3. The molecule has 0 radical (unpaired) electrons. The predicted molar refractivity (Wildman–Crippen MR) is 289 cm³/mol. The summed E-state index contributed by atoms with van der Waals surface area (Å²) in [5.74, 6) is -0.821. The highest BCUT2D eigenvalue weighted by molar-refractivity contribution is 7.47. The van der Waals surface area contributed by atoms with Crippen LogP contribution in [0.5, 0.6) is 0 Å². The lowest BCUT2D eigenvalue weighted by molar-refractivity contribution is -0.161. The number of hydrogen-bond acceptors (Lipinski definition) is 8. The highest BCUT2D eigenvalue weighted by atomic mass is 31.2. The monoisotopic (exact) mass is 978 g/mol. The minimum absolute atomic E-state index is 0.0529. The molecule has 9 nitrogen and oxygen atoms in total. The molecule has 0 aromatic carbocycles. The number of carbonyl (C=O) groups is 2. The van der Waals surface area contributed by atoms with Crippen molar-refractivity contribution in [3.63, 3.8) is 0 Å². The summed E-state index contributed by atoms with van der Waals surface area (Å²) >= 11 is 0. The number of nitrogens with two attached hydrogens (primary N) is 1. The van der Waals surface area contributed by atoms with Crippen molar-refractivity contribution in [2.75, 3.05) is 26.4 Å². The van der Waals surface area contributed by atoms with Crippen molar-refractivity contribution in [3.8, 4) is 0 Å². The smallest absolute Gasteiger partial charge is 0.462 e. The summed E-state index contributed by atoms with van der Waals surface area (Å²) in [6.45, 7) is 3.67. The van der Waals surface area contributed by atoms with Gasteiger partial charge in [0.05, 0.1) is 13.2 Å². The van der Waals surface area contributed by atoms with Gasteiger partial charge in [0.1, 0.15) is 6.61 Å². The number of carbonyl (C=O) groups excluding carboxylic acids is 2. The van der Waals surface area contributed by atoms with Gasteiger partial charge in [-0.1, -0.05) is 262 Å². The van der Waals surface area contributed by atoms with Gasteiger partial charge in [-0.05, 0) is 51.4 Å². The Morgan fingerprint density at radius 1 is 0.456 bits per heavy atom.